The molecule has 1 unspecified atom stereocenters. The first kappa shape index (κ1) is 21.2. The predicted molar refractivity (Wildman–Crippen MR) is 111 cm³/mol. The van der Waals surface area contributed by atoms with E-state index in [9.17, 15) is 4.79 Å². The molecule has 6 heteroatoms. The molecule has 1 amide bonds. The van der Waals surface area contributed by atoms with Crippen LogP contribution in [-0.4, -0.2) is 72.2 Å². The summed E-state index contributed by atoms with van der Waals surface area (Å²) in [5.74, 6) is 0.326. The Morgan fingerprint density at radius 3 is 2.82 bits per heavy atom. The number of aromatic nitrogens is 1. The van der Waals surface area contributed by atoms with Crippen LogP contribution >= 0.6 is 0 Å². The van der Waals surface area contributed by atoms with Crippen molar-refractivity contribution in [1.82, 2.24) is 20.1 Å². The van der Waals surface area contributed by atoms with Crippen molar-refractivity contribution in [2.45, 2.75) is 58.2 Å². The van der Waals surface area contributed by atoms with E-state index in [-0.39, 0.29) is 17.9 Å². The zero-order chi connectivity index (χ0) is 19.8. The van der Waals surface area contributed by atoms with E-state index in [1.54, 1.807) is 0 Å². The van der Waals surface area contributed by atoms with Gasteiger partial charge in [0.2, 0.25) is 5.91 Å². The fraction of sp³-hybridized carbons (Fsp3) is 0.727. The van der Waals surface area contributed by atoms with Crippen LogP contribution in [0.2, 0.25) is 0 Å². The number of pyridine rings is 1. The topological polar surface area (TPSA) is 57.7 Å². The molecular weight excluding hydrogens is 352 g/mol. The molecule has 28 heavy (non-hydrogen) atoms. The standard InChI is InChI=1S/C22H36N4O2/c1-18(2)28-14-10-24-22(27)20-6-4-11-26(17-20)21-7-12-25(13-8-21)16-19-5-3-9-23-15-19/h3,5,9,15,18,20-21H,4,6-8,10-14,16-17H2,1-2H3,(H,24,27). The Morgan fingerprint density at radius 2 is 2.11 bits per heavy atom. The third-order valence-electron chi connectivity index (χ3n) is 5.88. The number of ether oxygens (including phenoxy) is 1. The second-order valence-electron chi connectivity index (χ2n) is 8.41. The van der Waals surface area contributed by atoms with Crippen molar-refractivity contribution in [3.8, 4) is 0 Å². The highest BCUT2D eigenvalue weighted by molar-refractivity contribution is 5.78. The molecular formula is C22H36N4O2. The summed E-state index contributed by atoms with van der Waals surface area (Å²) in [6, 6.07) is 4.78. The number of carbonyl (C=O) groups excluding carboxylic acids is 1. The quantitative estimate of drug-likeness (QED) is 0.693. The summed E-state index contributed by atoms with van der Waals surface area (Å²) in [6.45, 7) is 10.5. The molecule has 2 saturated heterocycles. The summed E-state index contributed by atoms with van der Waals surface area (Å²) in [7, 11) is 0. The van der Waals surface area contributed by atoms with Crippen LogP contribution < -0.4 is 5.32 Å². The molecule has 3 rings (SSSR count). The zero-order valence-electron chi connectivity index (χ0n) is 17.5. The molecule has 3 heterocycles. The van der Waals surface area contributed by atoms with Crippen molar-refractivity contribution >= 4 is 5.91 Å². The molecule has 2 aliphatic rings. The third kappa shape index (κ3) is 6.54. The molecule has 1 aromatic heterocycles. The Balaban J connectivity index is 1.39. The van der Waals surface area contributed by atoms with Gasteiger partial charge in [0.05, 0.1) is 18.6 Å². The minimum Gasteiger partial charge on any atom is -0.377 e. The van der Waals surface area contributed by atoms with Crippen LogP contribution in [0.4, 0.5) is 0 Å². The van der Waals surface area contributed by atoms with Crippen molar-refractivity contribution in [3.05, 3.63) is 30.1 Å². The SMILES string of the molecule is CC(C)OCCNC(=O)C1CCCN(C2CCN(Cc3cccnc3)CC2)C1. The maximum absolute atomic E-state index is 12.5. The first-order valence-corrected chi connectivity index (χ1v) is 10.9. The van der Waals surface area contributed by atoms with Gasteiger partial charge >= 0.3 is 0 Å². The van der Waals surface area contributed by atoms with E-state index in [1.807, 2.05) is 32.3 Å². The molecule has 156 valence electrons. The van der Waals surface area contributed by atoms with Gasteiger partial charge in [0, 0.05) is 38.1 Å². The van der Waals surface area contributed by atoms with E-state index in [4.69, 9.17) is 4.74 Å². The van der Waals surface area contributed by atoms with Gasteiger partial charge in [-0.2, -0.15) is 0 Å². The number of carbonyl (C=O) groups is 1. The fourth-order valence-corrected chi connectivity index (χ4v) is 4.36. The van der Waals surface area contributed by atoms with Gasteiger partial charge in [0.25, 0.3) is 0 Å². The van der Waals surface area contributed by atoms with Gasteiger partial charge in [0.15, 0.2) is 0 Å². The lowest BCUT2D eigenvalue weighted by Gasteiger charge is -2.42. The Bertz CT molecular complexity index is 587. The van der Waals surface area contributed by atoms with Gasteiger partial charge < -0.3 is 10.1 Å². The molecule has 1 aromatic rings. The number of nitrogens with zero attached hydrogens (tertiary/aromatic N) is 3. The van der Waals surface area contributed by atoms with Crippen LogP contribution in [0.3, 0.4) is 0 Å². The maximum Gasteiger partial charge on any atom is 0.224 e. The highest BCUT2D eigenvalue weighted by atomic mass is 16.5. The summed E-state index contributed by atoms with van der Waals surface area (Å²) in [4.78, 5) is 21.8. The first-order valence-electron chi connectivity index (χ1n) is 10.9. The highest BCUT2D eigenvalue weighted by Crippen LogP contribution is 2.24. The summed E-state index contributed by atoms with van der Waals surface area (Å²) >= 11 is 0. The monoisotopic (exact) mass is 388 g/mol. The minimum absolute atomic E-state index is 0.126. The number of nitrogens with one attached hydrogen (secondary N) is 1. The number of piperidine rings is 2. The second kappa shape index (κ2) is 10.9. The van der Waals surface area contributed by atoms with Gasteiger partial charge in [-0.05, 0) is 70.8 Å². The van der Waals surface area contributed by atoms with Crippen LogP contribution in [0, 0.1) is 5.92 Å². The fourth-order valence-electron chi connectivity index (χ4n) is 4.36. The van der Waals surface area contributed by atoms with Gasteiger partial charge in [-0.3, -0.25) is 19.6 Å². The smallest absolute Gasteiger partial charge is 0.224 e. The van der Waals surface area contributed by atoms with E-state index in [0.29, 0.717) is 19.2 Å². The molecule has 0 spiro atoms. The number of likely N-dealkylation sites (tertiary alicyclic amines) is 2. The van der Waals surface area contributed by atoms with E-state index >= 15 is 0 Å². The van der Waals surface area contributed by atoms with Gasteiger partial charge in [-0.1, -0.05) is 6.07 Å². The number of hydrogen-bond acceptors (Lipinski definition) is 5. The zero-order valence-corrected chi connectivity index (χ0v) is 17.5. The average molecular weight is 389 g/mol. The molecule has 2 fully saturated rings. The summed E-state index contributed by atoms with van der Waals surface area (Å²) < 4.78 is 5.51. The van der Waals surface area contributed by atoms with Gasteiger partial charge in [-0.15, -0.1) is 0 Å². The Morgan fingerprint density at radius 1 is 1.29 bits per heavy atom. The normalized spacial score (nSPS) is 22.5. The number of hydrogen-bond donors (Lipinski definition) is 1. The minimum atomic E-state index is 0.126. The first-order chi connectivity index (χ1) is 13.6. The predicted octanol–water partition coefficient (Wildman–Crippen LogP) is 2.30. The van der Waals surface area contributed by atoms with Crippen LogP contribution in [0.15, 0.2) is 24.5 Å². The lowest BCUT2D eigenvalue weighted by atomic mass is 9.93. The Hall–Kier alpha value is -1.50. The Labute approximate surface area is 169 Å². The molecule has 0 saturated carbocycles. The van der Waals surface area contributed by atoms with E-state index < -0.39 is 0 Å². The van der Waals surface area contributed by atoms with Crippen molar-refractivity contribution in [2.24, 2.45) is 5.92 Å². The molecule has 6 nitrogen and oxygen atoms in total. The van der Waals surface area contributed by atoms with Crippen molar-refractivity contribution in [1.29, 1.82) is 0 Å². The van der Waals surface area contributed by atoms with E-state index in [2.05, 4.69) is 26.2 Å². The summed E-state index contributed by atoms with van der Waals surface area (Å²) in [6.07, 6.45) is 8.52. The van der Waals surface area contributed by atoms with Crippen LogP contribution in [0.25, 0.3) is 0 Å². The van der Waals surface area contributed by atoms with Gasteiger partial charge in [-0.25, -0.2) is 0 Å². The number of amides is 1. The van der Waals surface area contributed by atoms with Gasteiger partial charge in [0.1, 0.15) is 0 Å². The Kier molecular flexibility index (Phi) is 8.25. The lowest BCUT2D eigenvalue weighted by molar-refractivity contribution is -0.127. The highest BCUT2D eigenvalue weighted by Gasteiger charge is 2.31. The second-order valence-corrected chi connectivity index (χ2v) is 8.41. The van der Waals surface area contributed by atoms with Crippen molar-refractivity contribution in [2.75, 3.05) is 39.3 Å². The average Bonchev–Trinajstić information content (AvgIpc) is 2.72. The molecule has 1 atom stereocenters. The molecule has 0 aliphatic carbocycles. The van der Waals surface area contributed by atoms with Crippen LogP contribution in [0.1, 0.15) is 45.1 Å². The van der Waals surface area contributed by atoms with Crippen LogP contribution in [0.5, 0.6) is 0 Å². The maximum atomic E-state index is 12.5. The summed E-state index contributed by atoms with van der Waals surface area (Å²) in [5, 5.41) is 3.06. The van der Waals surface area contributed by atoms with Crippen LogP contribution in [-0.2, 0) is 16.1 Å². The molecule has 0 bridgehead atoms. The lowest BCUT2D eigenvalue weighted by Crippen LogP contribution is -2.50. The number of rotatable bonds is 8. The van der Waals surface area contributed by atoms with Crippen molar-refractivity contribution in [3.63, 3.8) is 0 Å². The molecule has 0 radical (unpaired) electrons. The van der Waals surface area contributed by atoms with E-state index in [0.717, 1.165) is 45.6 Å². The summed E-state index contributed by atoms with van der Waals surface area (Å²) in [5.41, 5.74) is 1.29. The van der Waals surface area contributed by atoms with E-state index in [1.165, 1.54) is 18.4 Å². The molecule has 2 aliphatic heterocycles. The molecule has 1 N–H and O–H groups in total. The largest absolute Gasteiger partial charge is 0.377 e. The van der Waals surface area contributed by atoms with Crippen molar-refractivity contribution < 1.29 is 9.53 Å². The third-order valence-corrected chi connectivity index (χ3v) is 5.88. The molecule has 0 aromatic carbocycles.